The Morgan fingerprint density at radius 1 is 1.14 bits per heavy atom. The Hall–Kier alpha value is -3.27. The fourth-order valence-corrected chi connectivity index (χ4v) is 5.20. The third kappa shape index (κ3) is 5.87. The number of aromatic nitrogens is 1. The predicted molar refractivity (Wildman–Crippen MR) is 132 cm³/mol. The number of nitrogens with one attached hydrogen (secondary N) is 1. The van der Waals surface area contributed by atoms with Gasteiger partial charge in [-0.05, 0) is 30.0 Å². The molecule has 184 valence electrons. The molecule has 2 heterocycles. The topological polar surface area (TPSA) is 112 Å². The maximum atomic E-state index is 12.9. The van der Waals surface area contributed by atoms with Gasteiger partial charge in [-0.3, -0.25) is 9.59 Å². The summed E-state index contributed by atoms with van der Waals surface area (Å²) in [6.45, 7) is 0.557. The molecule has 4 rings (SSSR count). The quantitative estimate of drug-likeness (QED) is 0.421. The van der Waals surface area contributed by atoms with Gasteiger partial charge < -0.3 is 25.2 Å². The summed E-state index contributed by atoms with van der Waals surface area (Å²) in [6, 6.07) is 17.1. The van der Waals surface area contributed by atoms with Gasteiger partial charge >= 0.3 is 0 Å². The predicted octanol–water partition coefficient (Wildman–Crippen LogP) is 2.44. The molecule has 2 aromatic carbocycles. The van der Waals surface area contributed by atoms with Gasteiger partial charge in [-0.2, -0.15) is 0 Å². The van der Waals surface area contributed by atoms with E-state index in [0.717, 1.165) is 34.6 Å². The monoisotopic (exact) mass is 495 g/mol. The van der Waals surface area contributed by atoms with Crippen LogP contribution < -0.4 is 10.1 Å². The number of hydrogen-bond donors (Lipinski definition) is 3. The molecule has 0 aliphatic carbocycles. The summed E-state index contributed by atoms with van der Waals surface area (Å²) in [5.74, 6) is -0.667. The van der Waals surface area contributed by atoms with Crippen LogP contribution >= 0.6 is 11.3 Å². The molecule has 0 bridgehead atoms. The molecule has 3 atom stereocenters. The molecule has 3 aromatic rings. The lowest BCUT2D eigenvalue weighted by molar-refractivity contribution is -0.153. The summed E-state index contributed by atoms with van der Waals surface area (Å²) in [6.07, 6.45) is 0.242. The SMILES string of the molecule is COc1ccccc1Cc1cnc(CNC(=O)[C@H](O)[C@@H](O)C(=O)N2CCCC2c2ccccc2)s1. The molecule has 9 heteroatoms. The summed E-state index contributed by atoms with van der Waals surface area (Å²) in [7, 11) is 1.63. The van der Waals surface area contributed by atoms with Gasteiger partial charge in [-0.15, -0.1) is 11.3 Å². The van der Waals surface area contributed by atoms with Crippen molar-refractivity contribution in [1.29, 1.82) is 0 Å². The summed E-state index contributed by atoms with van der Waals surface area (Å²) in [5.41, 5.74) is 2.00. The van der Waals surface area contributed by atoms with Crippen molar-refractivity contribution < 1.29 is 24.5 Å². The summed E-state index contributed by atoms with van der Waals surface area (Å²) in [4.78, 5) is 32.2. The van der Waals surface area contributed by atoms with Gasteiger partial charge in [0.05, 0.1) is 19.7 Å². The molecular formula is C26H29N3O5S. The first-order chi connectivity index (χ1) is 17.0. The van der Waals surface area contributed by atoms with Crippen LogP contribution in [0.3, 0.4) is 0 Å². The Balaban J connectivity index is 1.32. The second-order valence-electron chi connectivity index (χ2n) is 8.42. The summed E-state index contributed by atoms with van der Waals surface area (Å²) >= 11 is 1.43. The first kappa shape index (κ1) is 24.8. The third-order valence-electron chi connectivity index (χ3n) is 6.11. The molecule has 1 fully saturated rings. The van der Waals surface area contributed by atoms with Crippen LogP contribution in [-0.4, -0.2) is 57.8 Å². The number of aliphatic hydroxyl groups is 2. The molecule has 8 nitrogen and oxygen atoms in total. The summed E-state index contributed by atoms with van der Waals surface area (Å²) in [5, 5.41) is 24.1. The average molecular weight is 496 g/mol. The molecular weight excluding hydrogens is 466 g/mol. The van der Waals surface area contributed by atoms with E-state index in [-0.39, 0.29) is 12.6 Å². The van der Waals surface area contributed by atoms with Crippen LogP contribution in [0.15, 0.2) is 60.8 Å². The first-order valence-electron chi connectivity index (χ1n) is 11.5. The maximum Gasteiger partial charge on any atom is 0.255 e. The molecule has 1 aromatic heterocycles. The van der Waals surface area contributed by atoms with Crippen LogP contribution in [0.1, 0.15) is 39.9 Å². The minimum Gasteiger partial charge on any atom is -0.496 e. The number of rotatable bonds is 9. The van der Waals surface area contributed by atoms with Crippen LogP contribution in [0, 0.1) is 0 Å². The lowest BCUT2D eigenvalue weighted by Gasteiger charge is -2.28. The Bertz CT molecular complexity index is 1150. The van der Waals surface area contributed by atoms with E-state index in [1.165, 1.54) is 11.3 Å². The molecule has 3 N–H and O–H groups in total. The first-order valence-corrected chi connectivity index (χ1v) is 12.3. The van der Waals surface area contributed by atoms with E-state index in [1.807, 2.05) is 54.6 Å². The highest BCUT2D eigenvalue weighted by atomic mass is 32.1. The lowest BCUT2D eigenvalue weighted by Crippen LogP contribution is -2.50. The Morgan fingerprint density at radius 3 is 2.66 bits per heavy atom. The molecule has 0 saturated carbocycles. The number of nitrogens with zero attached hydrogens (tertiary/aromatic N) is 2. The normalized spacial score (nSPS) is 17.1. The van der Waals surface area contributed by atoms with Crippen molar-refractivity contribution in [3.63, 3.8) is 0 Å². The van der Waals surface area contributed by atoms with Gasteiger partial charge in [0.1, 0.15) is 10.8 Å². The number of para-hydroxylation sites is 1. The van der Waals surface area contributed by atoms with Crippen molar-refractivity contribution in [2.24, 2.45) is 0 Å². The molecule has 1 aliphatic heterocycles. The van der Waals surface area contributed by atoms with E-state index in [9.17, 15) is 19.8 Å². The van der Waals surface area contributed by atoms with Crippen molar-refractivity contribution in [3.8, 4) is 5.75 Å². The maximum absolute atomic E-state index is 12.9. The zero-order valence-electron chi connectivity index (χ0n) is 19.5. The smallest absolute Gasteiger partial charge is 0.255 e. The van der Waals surface area contributed by atoms with Gasteiger partial charge in [0.15, 0.2) is 12.2 Å². The van der Waals surface area contributed by atoms with E-state index in [1.54, 1.807) is 18.2 Å². The van der Waals surface area contributed by atoms with Gasteiger partial charge in [0, 0.05) is 24.0 Å². The largest absolute Gasteiger partial charge is 0.496 e. The van der Waals surface area contributed by atoms with E-state index in [4.69, 9.17) is 4.74 Å². The number of carbonyl (C=O) groups is 2. The highest BCUT2D eigenvalue weighted by Crippen LogP contribution is 2.32. The van der Waals surface area contributed by atoms with Crippen molar-refractivity contribution in [1.82, 2.24) is 15.2 Å². The Labute approximate surface area is 208 Å². The number of benzene rings is 2. The fraction of sp³-hybridized carbons (Fsp3) is 0.346. The van der Waals surface area contributed by atoms with Crippen LogP contribution in [-0.2, 0) is 22.6 Å². The number of amides is 2. The molecule has 1 aliphatic rings. The Kier molecular flexibility index (Phi) is 8.12. The lowest BCUT2D eigenvalue weighted by atomic mass is 10.0. The number of methoxy groups -OCH3 is 1. The van der Waals surface area contributed by atoms with Crippen LogP contribution in [0.5, 0.6) is 5.75 Å². The number of likely N-dealkylation sites (tertiary alicyclic amines) is 1. The number of hydrogen-bond acceptors (Lipinski definition) is 7. The van der Waals surface area contributed by atoms with Gasteiger partial charge in [0.25, 0.3) is 11.8 Å². The van der Waals surface area contributed by atoms with E-state index in [0.29, 0.717) is 18.0 Å². The zero-order valence-corrected chi connectivity index (χ0v) is 20.3. The van der Waals surface area contributed by atoms with Gasteiger partial charge in [-0.25, -0.2) is 4.98 Å². The van der Waals surface area contributed by atoms with Crippen molar-refractivity contribution in [3.05, 3.63) is 81.8 Å². The van der Waals surface area contributed by atoms with Crippen LogP contribution in [0.2, 0.25) is 0 Å². The number of ether oxygens (including phenoxy) is 1. The second-order valence-corrected chi connectivity index (χ2v) is 9.62. The van der Waals surface area contributed by atoms with Crippen LogP contribution in [0.4, 0.5) is 0 Å². The molecule has 1 unspecified atom stereocenters. The summed E-state index contributed by atoms with van der Waals surface area (Å²) < 4.78 is 5.38. The van der Waals surface area contributed by atoms with Crippen LogP contribution in [0.25, 0.3) is 0 Å². The van der Waals surface area contributed by atoms with Crippen molar-refractivity contribution in [2.75, 3.05) is 13.7 Å². The van der Waals surface area contributed by atoms with E-state index < -0.39 is 24.0 Å². The Morgan fingerprint density at radius 2 is 1.89 bits per heavy atom. The second kappa shape index (κ2) is 11.4. The highest BCUT2D eigenvalue weighted by Gasteiger charge is 2.38. The highest BCUT2D eigenvalue weighted by molar-refractivity contribution is 7.11. The van der Waals surface area contributed by atoms with E-state index in [2.05, 4.69) is 10.3 Å². The molecule has 1 saturated heterocycles. The van der Waals surface area contributed by atoms with Crippen molar-refractivity contribution in [2.45, 2.75) is 44.1 Å². The molecule has 0 spiro atoms. The minimum absolute atomic E-state index is 0.0871. The number of thiazole rings is 1. The van der Waals surface area contributed by atoms with Gasteiger partial charge in [-0.1, -0.05) is 48.5 Å². The van der Waals surface area contributed by atoms with E-state index >= 15 is 0 Å². The van der Waals surface area contributed by atoms with Crippen molar-refractivity contribution >= 4 is 23.2 Å². The number of aliphatic hydroxyl groups excluding tert-OH is 2. The standard InChI is InChI=1S/C26H29N3O5S/c1-34-21-12-6-5-10-18(21)14-19-15-27-22(35-19)16-28-25(32)23(30)24(31)26(33)29-13-7-11-20(29)17-8-3-2-4-9-17/h2-6,8-10,12,15,20,23-24,30-31H,7,11,13-14,16H2,1H3,(H,28,32)/t20?,23-,24-/m1/s1. The molecule has 0 radical (unpaired) electrons. The average Bonchev–Trinajstić information content (AvgIpc) is 3.56. The zero-order chi connectivity index (χ0) is 24.8. The third-order valence-corrected chi connectivity index (χ3v) is 7.11. The van der Waals surface area contributed by atoms with Gasteiger partial charge in [0.2, 0.25) is 0 Å². The molecule has 2 amide bonds. The number of carbonyl (C=O) groups excluding carboxylic acids is 2. The molecule has 35 heavy (non-hydrogen) atoms. The minimum atomic E-state index is -1.87. The fourth-order valence-electron chi connectivity index (χ4n) is 4.32.